The molecule has 9 rings (SSSR count). The fourth-order valence-corrected chi connectivity index (χ4v) is 7.87. The summed E-state index contributed by atoms with van der Waals surface area (Å²) >= 11 is 0. The van der Waals surface area contributed by atoms with E-state index in [1.165, 1.54) is 12.8 Å². The SMILES string of the molecule is CO[C@@H](C(=O)N1C2CC1CN(c1ccc(-c3cc(OCCCN4CC5CCC(C4)O5)cn4ncc(C#N)c34)cn1)C2)c1ccccc1. The van der Waals surface area contributed by atoms with Gasteiger partial charge in [0.1, 0.15) is 17.6 Å². The van der Waals surface area contributed by atoms with Crippen molar-refractivity contribution in [3.05, 3.63) is 78.2 Å². The van der Waals surface area contributed by atoms with Gasteiger partial charge in [0.2, 0.25) is 0 Å². The van der Waals surface area contributed by atoms with Gasteiger partial charge in [0.25, 0.3) is 5.91 Å². The molecule has 47 heavy (non-hydrogen) atoms. The number of piperidine rings is 1. The Balaban J connectivity index is 0.942. The van der Waals surface area contributed by atoms with E-state index in [0.29, 0.717) is 30.1 Å². The van der Waals surface area contributed by atoms with Crippen molar-refractivity contribution in [2.75, 3.05) is 51.3 Å². The van der Waals surface area contributed by atoms with Crippen molar-refractivity contribution in [2.24, 2.45) is 0 Å². The number of amides is 1. The lowest BCUT2D eigenvalue weighted by Crippen LogP contribution is -2.71. The summed E-state index contributed by atoms with van der Waals surface area (Å²) < 4.78 is 19.6. The van der Waals surface area contributed by atoms with E-state index in [-0.39, 0.29) is 18.0 Å². The third kappa shape index (κ3) is 5.71. The summed E-state index contributed by atoms with van der Waals surface area (Å²) in [4.78, 5) is 25.1. The lowest BCUT2D eigenvalue weighted by Gasteiger charge is -2.57. The number of ether oxygens (including phenoxy) is 3. The van der Waals surface area contributed by atoms with E-state index >= 15 is 0 Å². The number of nitrogens with zero attached hydrogens (tertiary/aromatic N) is 7. The molecular formula is C36H39N7O4. The van der Waals surface area contributed by atoms with Crippen molar-refractivity contribution in [3.8, 4) is 22.9 Å². The number of rotatable bonds is 10. The average Bonchev–Trinajstić information content (AvgIpc) is 3.68. The second-order valence-corrected chi connectivity index (χ2v) is 13.1. The number of pyridine rings is 2. The van der Waals surface area contributed by atoms with Gasteiger partial charge < -0.3 is 24.0 Å². The van der Waals surface area contributed by atoms with E-state index in [2.05, 4.69) is 21.0 Å². The zero-order chi connectivity index (χ0) is 31.9. The van der Waals surface area contributed by atoms with Crippen molar-refractivity contribution in [1.29, 1.82) is 5.26 Å². The molecule has 5 atom stereocenters. The van der Waals surface area contributed by atoms with Crippen LogP contribution in [-0.2, 0) is 14.3 Å². The molecule has 0 N–H and O–H groups in total. The van der Waals surface area contributed by atoms with Gasteiger partial charge in [0.15, 0.2) is 6.10 Å². The van der Waals surface area contributed by atoms with Gasteiger partial charge in [-0.15, -0.1) is 0 Å². The molecule has 5 aliphatic rings. The summed E-state index contributed by atoms with van der Waals surface area (Å²) in [5.74, 6) is 1.60. The standard InChI is InChI=1S/C36H39N7O4/c1-45-35(24-6-3-2-4-7-24)36(44)43-27-14-28(43)20-41(19-27)33-11-8-25(17-38-33)32-15-31(23-42-34(32)26(16-37)18-39-42)46-13-5-12-40-21-29-9-10-30(22-40)47-29/h2-4,6-8,11,15,17-18,23,27-30,35H,5,9-10,12-14,19-22H2,1H3/t27?,28?,29?,30?,35-/m1/s1. The van der Waals surface area contributed by atoms with E-state index in [0.717, 1.165) is 73.6 Å². The van der Waals surface area contributed by atoms with E-state index in [1.807, 2.05) is 65.8 Å². The number of likely N-dealkylation sites (tertiary alicyclic amines) is 1. The molecular weight excluding hydrogens is 594 g/mol. The number of benzene rings is 1. The smallest absolute Gasteiger partial charge is 0.256 e. The van der Waals surface area contributed by atoms with E-state index in [1.54, 1.807) is 17.8 Å². The third-order valence-corrected chi connectivity index (χ3v) is 10.1. The number of piperazine rings is 1. The van der Waals surface area contributed by atoms with Crippen LogP contribution in [0.25, 0.3) is 16.6 Å². The molecule has 11 heteroatoms. The quantitative estimate of drug-likeness (QED) is 0.239. The number of carbonyl (C=O) groups is 1. The number of anilines is 1. The maximum Gasteiger partial charge on any atom is 0.256 e. The Morgan fingerprint density at radius 1 is 1.06 bits per heavy atom. The fourth-order valence-electron chi connectivity index (χ4n) is 7.87. The predicted molar refractivity (Wildman–Crippen MR) is 175 cm³/mol. The summed E-state index contributed by atoms with van der Waals surface area (Å²) in [7, 11) is 1.59. The third-order valence-electron chi connectivity index (χ3n) is 10.1. The Morgan fingerprint density at radius 3 is 2.55 bits per heavy atom. The zero-order valence-corrected chi connectivity index (χ0v) is 26.6. The maximum absolute atomic E-state index is 13.5. The topological polar surface area (TPSA) is 108 Å². The largest absolute Gasteiger partial charge is 0.492 e. The lowest BCUT2D eigenvalue weighted by molar-refractivity contribution is -0.157. The predicted octanol–water partition coefficient (Wildman–Crippen LogP) is 4.08. The Morgan fingerprint density at radius 2 is 1.85 bits per heavy atom. The minimum absolute atomic E-state index is 0.0242. The molecule has 0 spiro atoms. The molecule has 1 aromatic carbocycles. The maximum atomic E-state index is 13.5. The molecule has 0 radical (unpaired) electrons. The monoisotopic (exact) mass is 633 g/mol. The summed E-state index contributed by atoms with van der Waals surface area (Å²) in [6.45, 7) is 5.05. The highest BCUT2D eigenvalue weighted by molar-refractivity contribution is 5.86. The summed E-state index contributed by atoms with van der Waals surface area (Å²) in [6, 6.07) is 18.3. The number of methoxy groups -OCH3 is 1. The highest BCUT2D eigenvalue weighted by Gasteiger charge is 2.49. The fraction of sp³-hybridized carbons (Fsp3) is 0.444. The molecule has 11 nitrogen and oxygen atoms in total. The van der Waals surface area contributed by atoms with Gasteiger partial charge in [0, 0.05) is 57.2 Å². The molecule has 242 valence electrons. The van der Waals surface area contributed by atoms with Crippen LogP contribution in [0, 0.1) is 11.3 Å². The Hall–Kier alpha value is -4.50. The molecule has 0 aliphatic carbocycles. The van der Waals surface area contributed by atoms with Gasteiger partial charge in [-0.3, -0.25) is 9.69 Å². The second kappa shape index (κ2) is 12.6. The Labute approximate surface area is 274 Å². The van der Waals surface area contributed by atoms with Crippen molar-refractivity contribution >= 4 is 17.2 Å². The summed E-state index contributed by atoms with van der Waals surface area (Å²) in [5.41, 5.74) is 3.85. The van der Waals surface area contributed by atoms with Crippen LogP contribution >= 0.6 is 0 Å². The molecule has 3 aromatic heterocycles. The zero-order valence-electron chi connectivity index (χ0n) is 26.6. The minimum atomic E-state index is -0.594. The minimum Gasteiger partial charge on any atom is -0.492 e. The molecule has 8 heterocycles. The number of hydrogen-bond donors (Lipinski definition) is 0. The van der Waals surface area contributed by atoms with Crippen LogP contribution in [-0.4, -0.2) is 101 Å². The number of nitriles is 1. The number of aromatic nitrogens is 3. The van der Waals surface area contributed by atoms with Crippen molar-refractivity contribution in [1.82, 2.24) is 24.4 Å². The van der Waals surface area contributed by atoms with Gasteiger partial charge in [-0.2, -0.15) is 10.4 Å². The van der Waals surface area contributed by atoms with E-state index in [9.17, 15) is 10.1 Å². The first-order chi connectivity index (χ1) is 23.1. The average molecular weight is 634 g/mol. The first kappa shape index (κ1) is 29.9. The number of carbonyl (C=O) groups excluding carboxylic acids is 1. The Bertz CT molecular complexity index is 1760. The molecule has 5 fully saturated rings. The molecule has 5 aliphatic heterocycles. The molecule has 4 bridgehead atoms. The highest BCUT2D eigenvalue weighted by atomic mass is 16.5. The van der Waals surface area contributed by atoms with Gasteiger partial charge in [-0.25, -0.2) is 9.50 Å². The lowest BCUT2D eigenvalue weighted by atomic mass is 9.86. The van der Waals surface area contributed by atoms with Crippen LogP contribution in [0.5, 0.6) is 5.75 Å². The number of hydrogen-bond acceptors (Lipinski definition) is 9. The first-order valence-electron chi connectivity index (χ1n) is 16.6. The van der Waals surface area contributed by atoms with Gasteiger partial charge in [0.05, 0.1) is 54.4 Å². The Kier molecular flexibility index (Phi) is 8.01. The molecule has 4 aromatic rings. The van der Waals surface area contributed by atoms with Crippen LogP contribution in [0.2, 0.25) is 0 Å². The highest BCUT2D eigenvalue weighted by Crippen LogP contribution is 2.38. The number of morpholine rings is 1. The van der Waals surface area contributed by atoms with Crippen LogP contribution in [0.4, 0.5) is 5.82 Å². The summed E-state index contributed by atoms with van der Waals surface area (Å²) in [5, 5.41) is 14.3. The summed E-state index contributed by atoms with van der Waals surface area (Å²) in [6.07, 6.45) is 9.74. The molecule has 1 amide bonds. The first-order valence-corrected chi connectivity index (χ1v) is 16.6. The van der Waals surface area contributed by atoms with E-state index in [4.69, 9.17) is 19.2 Å². The van der Waals surface area contributed by atoms with Crippen LogP contribution in [0.3, 0.4) is 0 Å². The normalized spacial score (nSPS) is 24.2. The van der Waals surface area contributed by atoms with Gasteiger partial charge >= 0.3 is 0 Å². The van der Waals surface area contributed by atoms with Crippen molar-refractivity contribution in [3.63, 3.8) is 0 Å². The van der Waals surface area contributed by atoms with Crippen LogP contribution in [0.15, 0.2) is 67.1 Å². The van der Waals surface area contributed by atoms with E-state index < -0.39 is 6.10 Å². The van der Waals surface area contributed by atoms with Crippen molar-refractivity contribution in [2.45, 2.75) is 56.1 Å². The molecule has 5 saturated heterocycles. The van der Waals surface area contributed by atoms with Gasteiger partial charge in [-0.1, -0.05) is 30.3 Å². The second-order valence-electron chi connectivity index (χ2n) is 13.1. The molecule has 4 unspecified atom stereocenters. The van der Waals surface area contributed by atoms with Crippen LogP contribution < -0.4 is 9.64 Å². The van der Waals surface area contributed by atoms with Gasteiger partial charge in [-0.05, 0) is 49.4 Å². The number of fused-ring (bicyclic) bond motifs is 5. The molecule has 0 saturated carbocycles. The van der Waals surface area contributed by atoms with Crippen molar-refractivity contribution < 1.29 is 19.0 Å². The van der Waals surface area contributed by atoms with Crippen LogP contribution in [0.1, 0.15) is 42.9 Å².